The maximum atomic E-state index is 12.3. The zero-order valence-electron chi connectivity index (χ0n) is 28.3. The third-order valence-electron chi connectivity index (χ3n) is 13.5. The van der Waals surface area contributed by atoms with E-state index >= 15 is 0 Å². The molecule has 11 atom stereocenters. The number of hydrogen-bond acceptors (Lipinski definition) is 4. The summed E-state index contributed by atoms with van der Waals surface area (Å²) in [5.74, 6) is 2.26. The van der Waals surface area contributed by atoms with E-state index in [0.717, 1.165) is 70.8 Å². The first kappa shape index (κ1) is 35.0. The van der Waals surface area contributed by atoms with E-state index in [-0.39, 0.29) is 41.1 Å². The Hall–Kier alpha value is -0.850. The van der Waals surface area contributed by atoms with Gasteiger partial charge in [-0.15, -0.1) is 0 Å². The quantitative estimate of drug-likeness (QED) is 0.117. The minimum absolute atomic E-state index is 0.0430. The van der Waals surface area contributed by atoms with Gasteiger partial charge in [0.1, 0.15) is 0 Å². The van der Waals surface area contributed by atoms with E-state index in [0.29, 0.717) is 36.1 Å². The highest BCUT2D eigenvalue weighted by atomic mass is 16.3. The van der Waals surface area contributed by atoms with Gasteiger partial charge in [0, 0.05) is 13.1 Å². The Balaban J connectivity index is 1.15. The molecule has 0 aromatic carbocycles. The second kappa shape index (κ2) is 16.1. The molecule has 4 rings (SSSR count). The van der Waals surface area contributed by atoms with Crippen LogP contribution in [0.1, 0.15) is 150 Å². The van der Waals surface area contributed by atoms with Crippen LogP contribution >= 0.6 is 0 Å². The van der Waals surface area contributed by atoms with Crippen molar-refractivity contribution in [3.05, 3.63) is 0 Å². The Morgan fingerprint density at radius 2 is 1.42 bits per heavy atom. The molecule has 43 heavy (non-hydrogen) atoms. The van der Waals surface area contributed by atoms with Gasteiger partial charge in [0.2, 0.25) is 0 Å². The Labute approximate surface area is 263 Å². The molecule has 0 saturated heterocycles. The molecule has 250 valence electrons. The fourth-order valence-electron chi connectivity index (χ4n) is 10.8. The Kier molecular flexibility index (Phi) is 13.1. The lowest BCUT2D eigenvalue weighted by molar-refractivity contribution is -0.207. The topological polar surface area (TPSA) is 102 Å². The molecule has 0 spiro atoms. The molecular weight excluding hydrogens is 536 g/mol. The zero-order chi connectivity index (χ0) is 31.0. The Morgan fingerprint density at radius 3 is 2.09 bits per heavy atom. The first-order chi connectivity index (χ1) is 20.6. The summed E-state index contributed by atoms with van der Waals surface area (Å²) in [7, 11) is 0. The number of amides is 2. The summed E-state index contributed by atoms with van der Waals surface area (Å²) < 4.78 is 0. The van der Waals surface area contributed by atoms with Gasteiger partial charge < -0.3 is 26.0 Å². The summed E-state index contributed by atoms with van der Waals surface area (Å²) in [6.45, 7) is 10.8. The van der Waals surface area contributed by atoms with Crippen molar-refractivity contribution in [1.82, 2.24) is 10.6 Å². The zero-order valence-corrected chi connectivity index (χ0v) is 28.3. The molecule has 2 amide bonds. The van der Waals surface area contributed by atoms with Crippen LogP contribution in [0.15, 0.2) is 0 Å². The van der Waals surface area contributed by atoms with E-state index in [9.17, 15) is 20.1 Å². The summed E-state index contributed by atoms with van der Waals surface area (Å²) in [5, 5.41) is 39.7. The van der Waals surface area contributed by atoms with Gasteiger partial charge in [0.05, 0.1) is 18.3 Å². The van der Waals surface area contributed by atoms with Gasteiger partial charge in [0.15, 0.2) is 0 Å². The molecule has 0 bridgehead atoms. The Bertz CT molecular complexity index is 854. The van der Waals surface area contributed by atoms with Gasteiger partial charge in [-0.25, -0.2) is 4.79 Å². The van der Waals surface area contributed by atoms with Crippen LogP contribution in [0.25, 0.3) is 0 Å². The van der Waals surface area contributed by atoms with Crippen molar-refractivity contribution in [2.45, 2.75) is 168 Å². The van der Waals surface area contributed by atoms with Gasteiger partial charge in [0.25, 0.3) is 0 Å². The average Bonchev–Trinajstić information content (AvgIpc) is 3.34. The lowest BCUT2D eigenvalue weighted by Gasteiger charge is -2.63. The van der Waals surface area contributed by atoms with Crippen LogP contribution < -0.4 is 10.6 Å². The molecule has 0 aliphatic heterocycles. The van der Waals surface area contributed by atoms with Crippen molar-refractivity contribution >= 4 is 6.03 Å². The summed E-state index contributed by atoms with van der Waals surface area (Å²) >= 11 is 0. The molecule has 4 aliphatic carbocycles. The molecule has 0 radical (unpaired) electrons. The molecule has 0 aromatic rings. The number of carbonyl (C=O) groups is 1. The number of unbranched alkanes of at least 4 members (excludes halogenated alkanes) is 9. The van der Waals surface area contributed by atoms with Crippen molar-refractivity contribution in [2.24, 2.45) is 46.3 Å². The fourth-order valence-corrected chi connectivity index (χ4v) is 10.8. The van der Waals surface area contributed by atoms with Crippen LogP contribution in [0.4, 0.5) is 4.79 Å². The highest BCUT2D eigenvalue weighted by molar-refractivity contribution is 5.73. The smallest absolute Gasteiger partial charge is 0.314 e. The van der Waals surface area contributed by atoms with E-state index in [1.807, 2.05) is 0 Å². The van der Waals surface area contributed by atoms with E-state index in [1.165, 1.54) is 57.8 Å². The number of aliphatic hydroxyl groups excluding tert-OH is 3. The minimum atomic E-state index is -0.335. The van der Waals surface area contributed by atoms with Gasteiger partial charge in [-0.05, 0) is 111 Å². The molecule has 5 N–H and O–H groups in total. The first-order valence-electron chi connectivity index (χ1n) is 18.7. The van der Waals surface area contributed by atoms with E-state index < -0.39 is 0 Å². The standard InChI is InChI=1S/C37H68N2O4/c1-5-6-7-8-9-10-11-12-13-14-21-38-35(43)39-22-15-16-26(2)29-17-18-30-34-31(25-33(42)37(29,30)4)36(3)20-19-28(40)23-27(36)24-32(34)41/h26-34,40-42H,5-25H2,1-4H3,(H2,38,39,43)/t26-,27+,28-,29-,30+,31+,32-,33+,34+,36+,37-/m1/s1. The Morgan fingerprint density at radius 1 is 0.791 bits per heavy atom. The number of aliphatic hydroxyl groups is 3. The summed E-state index contributed by atoms with van der Waals surface area (Å²) in [6.07, 6.45) is 20.7. The second-order valence-electron chi connectivity index (χ2n) is 16.0. The van der Waals surface area contributed by atoms with Crippen LogP contribution in [0.5, 0.6) is 0 Å². The maximum Gasteiger partial charge on any atom is 0.314 e. The van der Waals surface area contributed by atoms with Gasteiger partial charge in [-0.2, -0.15) is 0 Å². The normalized spacial score (nSPS) is 39.4. The number of fused-ring (bicyclic) bond motifs is 5. The molecule has 6 heteroatoms. The SMILES string of the molecule is CCCCCCCCCCCCNC(=O)NCCC[C@@H](C)[C@H]1CC[C@H]2[C@@H]3[C@H](O)C[C@@H]4C[C@H](O)CC[C@]4(C)[C@H]3C[C@H](O)[C@]12C. The molecule has 4 saturated carbocycles. The number of rotatable bonds is 16. The molecule has 0 aromatic heterocycles. The van der Waals surface area contributed by atoms with Gasteiger partial charge in [-0.1, -0.05) is 85.5 Å². The number of carbonyl (C=O) groups excluding carboxylic acids is 1. The van der Waals surface area contributed by atoms with Gasteiger partial charge >= 0.3 is 6.03 Å². The maximum absolute atomic E-state index is 12.3. The fraction of sp³-hybridized carbons (Fsp3) is 0.973. The highest BCUT2D eigenvalue weighted by Gasteiger charge is 2.65. The molecule has 0 unspecified atom stereocenters. The predicted octanol–water partition coefficient (Wildman–Crippen LogP) is 7.58. The number of hydrogen-bond donors (Lipinski definition) is 5. The average molecular weight is 605 g/mol. The highest BCUT2D eigenvalue weighted by Crippen LogP contribution is 2.68. The lowest BCUT2D eigenvalue weighted by atomic mass is 9.43. The van der Waals surface area contributed by atoms with E-state index in [2.05, 4.69) is 38.3 Å². The van der Waals surface area contributed by atoms with Crippen molar-refractivity contribution in [3.63, 3.8) is 0 Å². The van der Waals surface area contributed by atoms with E-state index in [1.54, 1.807) is 0 Å². The molecule has 4 aliphatic rings. The third-order valence-corrected chi connectivity index (χ3v) is 13.5. The third kappa shape index (κ3) is 8.12. The largest absolute Gasteiger partial charge is 0.393 e. The van der Waals surface area contributed by atoms with Crippen LogP contribution in [0, 0.1) is 46.3 Å². The summed E-state index contributed by atoms with van der Waals surface area (Å²) in [6, 6.07) is -0.0430. The van der Waals surface area contributed by atoms with E-state index in [4.69, 9.17) is 0 Å². The second-order valence-corrected chi connectivity index (χ2v) is 16.0. The minimum Gasteiger partial charge on any atom is -0.393 e. The van der Waals surface area contributed by atoms with Crippen LogP contribution in [0.3, 0.4) is 0 Å². The monoisotopic (exact) mass is 605 g/mol. The molecule has 6 nitrogen and oxygen atoms in total. The van der Waals surface area contributed by atoms with Gasteiger partial charge in [-0.3, -0.25) is 0 Å². The summed E-state index contributed by atoms with van der Waals surface area (Å²) in [5.41, 5.74) is -0.0340. The van der Waals surface area contributed by atoms with Crippen molar-refractivity contribution in [1.29, 1.82) is 0 Å². The van der Waals surface area contributed by atoms with Crippen molar-refractivity contribution in [2.75, 3.05) is 13.1 Å². The van der Waals surface area contributed by atoms with Crippen LogP contribution in [-0.2, 0) is 0 Å². The first-order valence-corrected chi connectivity index (χ1v) is 18.7. The molecule has 0 heterocycles. The summed E-state index contributed by atoms with van der Waals surface area (Å²) in [4.78, 5) is 12.3. The van der Waals surface area contributed by atoms with Crippen LogP contribution in [0.2, 0.25) is 0 Å². The number of nitrogens with one attached hydrogen (secondary N) is 2. The van der Waals surface area contributed by atoms with Crippen LogP contribution in [-0.4, -0.2) is 52.8 Å². The predicted molar refractivity (Wildman–Crippen MR) is 176 cm³/mol. The van der Waals surface area contributed by atoms with Crippen molar-refractivity contribution in [3.8, 4) is 0 Å². The lowest BCUT2D eigenvalue weighted by Crippen LogP contribution is -2.62. The van der Waals surface area contributed by atoms with Crippen molar-refractivity contribution < 1.29 is 20.1 Å². The molecular formula is C37H68N2O4. The molecule has 4 fully saturated rings. The number of urea groups is 1.